The van der Waals surface area contributed by atoms with Crippen LogP contribution in [0.1, 0.15) is 32.6 Å². The number of hydrogen-bond acceptors (Lipinski definition) is 8. The standard InChI is InChI=1S/C20H18BrN3O3S3.C4H4BrNO2/c1-2-3-12-24(19-17(21)15-6-4-5-7-16(15)29-19)30(25,26)14-10-8-13(9-11-14)18-22-20(28)27-23-18;5-6-3(7)1-2-4(6)8/h4-11H,2-3,12H2,1H3,(H,22,23,28);1-2H2. The number of halogens is 2. The number of amides is 2. The van der Waals surface area contributed by atoms with Crippen molar-refractivity contribution in [3.05, 3.63) is 57.8 Å². The molecule has 4 aromatic rings. The number of thiophene rings is 1. The minimum Gasteiger partial charge on any atom is -0.324 e. The Kier molecular flexibility index (Phi) is 9.19. The van der Waals surface area contributed by atoms with Gasteiger partial charge in [-0.2, -0.15) is 0 Å². The molecule has 1 aliphatic rings. The van der Waals surface area contributed by atoms with E-state index in [4.69, 9.17) is 16.7 Å². The fourth-order valence-corrected chi connectivity index (χ4v) is 8.00. The molecule has 1 saturated heterocycles. The number of rotatable bonds is 7. The maximum Gasteiger partial charge on any atom is 0.295 e. The van der Waals surface area contributed by atoms with Crippen molar-refractivity contribution in [3.63, 3.8) is 0 Å². The first-order valence-electron chi connectivity index (χ1n) is 11.5. The number of aromatic amines is 1. The third kappa shape index (κ3) is 6.09. The second kappa shape index (κ2) is 12.2. The first kappa shape index (κ1) is 28.6. The second-order valence-electron chi connectivity index (χ2n) is 8.18. The zero-order valence-corrected chi connectivity index (χ0v) is 25.6. The molecule has 3 heterocycles. The van der Waals surface area contributed by atoms with Crippen LogP contribution in [-0.2, 0) is 19.6 Å². The van der Waals surface area contributed by atoms with Crippen LogP contribution in [0.3, 0.4) is 0 Å². The van der Waals surface area contributed by atoms with Gasteiger partial charge in [-0.15, -0.1) is 11.3 Å². The summed E-state index contributed by atoms with van der Waals surface area (Å²) in [6.07, 6.45) is 2.35. The van der Waals surface area contributed by atoms with Crippen LogP contribution >= 0.6 is 55.6 Å². The predicted molar refractivity (Wildman–Crippen MR) is 156 cm³/mol. The van der Waals surface area contributed by atoms with E-state index in [0.29, 0.717) is 35.8 Å². The lowest BCUT2D eigenvalue weighted by atomic mass is 10.2. The van der Waals surface area contributed by atoms with Gasteiger partial charge in [0.05, 0.1) is 25.5 Å². The summed E-state index contributed by atoms with van der Waals surface area (Å²) in [7, 11) is -3.75. The monoisotopic (exact) mass is 700 g/mol. The topological polar surface area (TPSA) is 117 Å². The molecule has 0 aliphatic carbocycles. The first-order chi connectivity index (χ1) is 18.1. The number of benzene rings is 2. The van der Waals surface area contributed by atoms with Gasteiger partial charge in [0.15, 0.2) is 5.82 Å². The molecule has 14 heteroatoms. The lowest BCUT2D eigenvalue weighted by molar-refractivity contribution is -0.131. The van der Waals surface area contributed by atoms with Crippen LogP contribution in [0.5, 0.6) is 0 Å². The summed E-state index contributed by atoms with van der Waals surface area (Å²) < 4.78 is 36.3. The molecule has 200 valence electrons. The predicted octanol–water partition coefficient (Wildman–Crippen LogP) is 6.82. The lowest BCUT2D eigenvalue weighted by Crippen LogP contribution is -2.31. The molecule has 38 heavy (non-hydrogen) atoms. The zero-order valence-electron chi connectivity index (χ0n) is 20.0. The van der Waals surface area contributed by atoms with Gasteiger partial charge in [-0.1, -0.05) is 36.7 Å². The molecule has 0 atom stereocenters. The molecule has 0 saturated carbocycles. The molecule has 1 N–H and O–H groups in total. The SMILES string of the molecule is CCCCN(c1sc2ccccc2c1Br)S(=O)(=O)c1ccc(-c2noc(=S)[nH]2)cc1.O=C1CCC(=O)N1Br. The van der Waals surface area contributed by atoms with Crippen molar-refractivity contribution in [1.29, 1.82) is 0 Å². The largest absolute Gasteiger partial charge is 0.324 e. The van der Waals surface area contributed by atoms with Gasteiger partial charge in [-0.05, 0) is 64.9 Å². The van der Waals surface area contributed by atoms with Crippen LogP contribution in [-0.4, -0.2) is 40.8 Å². The Bertz CT molecular complexity index is 1610. The van der Waals surface area contributed by atoms with Gasteiger partial charge in [-0.3, -0.25) is 18.9 Å². The van der Waals surface area contributed by atoms with Crippen molar-refractivity contribution in [2.24, 2.45) is 0 Å². The molecule has 0 bridgehead atoms. The molecule has 2 aromatic carbocycles. The number of anilines is 1. The Morgan fingerprint density at radius 3 is 2.32 bits per heavy atom. The highest BCUT2D eigenvalue weighted by Gasteiger charge is 2.29. The van der Waals surface area contributed by atoms with Crippen molar-refractivity contribution in [2.45, 2.75) is 37.5 Å². The van der Waals surface area contributed by atoms with Gasteiger partial charge >= 0.3 is 0 Å². The van der Waals surface area contributed by atoms with E-state index in [9.17, 15) is 18.0 Å². The normalized spacial score (nSPS) is 13.6. The van der Waals surface area contributed by atoms with Crippen LogP contribution in [0.4, 0.5) is 5.00 Å². The average molecular weight is 702 g/mol. The number of nitrogens with zero attached hydrogens (tertiary/aromatic N) is 3. The molecule has 2 aromatic heterocycles. The number of sulfonamides is 1. The van der Waals surface area contributed by atoms with Crippen LogP contribution in [0.2, 0.25) is 0 Å². The van der Waals surface area contributed by atoms with E-state index in [0.717, 1.165) is 31.3 Å². The first-order valence-corrected chi connectivity index (χ1v) is 15.7. The average Bonchev–Trinajstić information content (AvgIpc) is 3.58. The second-order valence-corrected chi connectivity index (χ2v) is 13.0. The summed E-state index contributed by atoms with van der Waals surface area (Å²) >= 11 is 12.8. The van der Waals surface area contributed by atoms with E-state index >= 15 is 0 Å². The summed E-state index contributed by atoms with van der Waals surface area (Å²) in [6, 6.07) is 14.4. The van der Waals surface area contributed by atoms with Crippen molar-refractivity contribution in [2.75, 3.05) is 10.8 Å². The molecule has 0 spiro atoms. The highest BCUT2D eigenvalue weighted by molar-refractivity contribution is 9.11. The number of carbonyl (C=O) groups is 2. The summed E-state index contributed by atoms with van der Waals surface area (Å²) in [4.78, 5) is 24.1. The Balaban J connectivity index is 0.000000360. The fraction of sp³-hybridized carbons (Fsp3) is 0.250. The van der Waals surface area contributed by atoms with E-state index in [1.807, 2.05) is 31.2 Å². The van der Waals surface area contributed by atoms with Gasteiger partial charge in [0.1, 0.15) is 5.00 Å². The molecule has 2 amide bonds. The Morgan fingerprint density at radius 1 is 1.13 bits per heavy atom. The Morgan fingerprint density at radius 2 is 1.79 bits per heavy atom. The number of imide groups is 1. The van der Waals surface area contributed by atoms with Crippen molar-refractivity contribution >= 4 is 92.6 Å². The number of H-pyrrole nitrogens is 1. The minimum absolute atomic E-state index is 0.144. The highest BCUT2D eigenvalue weighted by Crippen LogP contribution is 2.44. The molecule has 0 radical (unpaired) electrons. The minimum atomic E-state index is -3.75. The molecule has 0 unspecified atom stereocenters. The van der Waals surface area contributed by atoms with E-state index < -0.39 is 10.0 Å². The van der Waals surface area contributed by atoms with Gasteiger partial charge in [0, 0.05) is 35.0 Å². The van der Waals surface area contributed by atoms with Crippen molar-refractivity contribution < 1.29 is 22.5 Å². The summed E-state index contributed by atoms with van der Waals surface area (Å²) in [6.45, 7) is 2.45. The molecule has 1 fully saturated rings. The number of aromatic nitrogens is 2. The van der Waals surface area contributed by atoms with Crippen molar-refractivity contribution in [3.8, 4) is 11.4 Å². The number of nitrogens with one attached hydrogen (secondary N) is 1. The third-order valence-electron chi connectivity index (χ3n) is 5.61. The van der Waals surface area contributed by atoms with Crippen LogP contribution < -0.4 is 4.31 Å². The molecular weight excluding hydrogens is 680 g/mol. The fourth-order valence-electron chi connectivity index (χ4n) is 3.61. The van der Waals surface area contributed by atoms with Crippen LogP contribution in [0.15, 0.2) is 62.4 Å². The smallest absolute Gasteiger partial charge is 0.295 e. The molecule has 1 aliphatic heterocycles. The number of hydrogen-bond donors (Lipinski definition) is 1. The van der Waals surface area contributed by atoms with Gasteiger partial charge in [0.2, 0.25) is 11.8 Å². The van der Waals surface area contributed by atoms with Gasteiger partial charge in [0.25, 0.3) is 14.9 Å². The summed E-state index contributed by atoms with van der Waals surface area (Å²) in [5.41, 5.74) is 0.692. The van der Waals surface area contributed by atoms with Gasteiger partial charge < -0.3 is 4.52 Å². The maximum absolute atomic E-state index is 13.6. The van der Waals surface area contributed by atoms with Crippen LogP contribution in [0, 0.1) is 4.84 Å². The quantitative estimate of drug-likeness (QED) is 0.128. The molecular formula is C24H22Br2N4O5S3. The number of carbonyl (C=O) groups excluding carboxylic acids is 2. The molecule has 9 nitrogen and oxygen atoms in total. The highest BCUT2D eigenvalue weighted by atomic mass is 79.9. The summed E-state index contributed by atoms with van der Waals surface area (Å²) in [5, 5.41) is 5.53. The van der Waals surface area contributed by atoms with Gasteiger partial charge in [-0.25, -0.2) is 12.3 Å². The summed E-state index contributed by atoms with van der Waals surface area (Å²) in [5.74, 6) is 0.170. The Hall–Kier alpha value is -2.39. The van der Waals surface area contributed by atoms with E-state index in [-0.39, 0.29) is 21.5 Å². The van der Waals surface area contributed by atoms with E-state index in [1.54, 1.807) is 24.3 Å². The van der Waals surface area contributed by atoms with E-state index in [2.05, 4.69) is 42.2 Å². The third-order valence-corrected chi connectivity index (χ3v) is 10.8. The van der Waals surface area contributed by atoms with E-state index in [1.165, 1.54) is 15.6 Å². The molecule has 5 rings (SSSR count). The van der Waals surface area contributed by atoms with Crippen LogP contribution in [0.25, 0.3) is 21.5 Å². The Labute approximate surface area is 245 Å². The number of fused-ring (bicyclic) bond motifs is 1. The maximum atomic E-state index is 13.6. The number of unbranched alkanes of at least 4 members (excludes halogenated alkanes) is 1. The van der Waals surface area contributed by atoms with Crippen molar-refractivity contribution in [1.82, 2.24) is 14.1 Å². The zero-order chi connectivity index (χ0) is 27.4. The lowest BCUT2D eigenvalue weighted by Gasteiger charge is -2.23.